The summed E-state index contributed by atoms with van der Waals surface area (Å²) in [7, 11) is 5.22. The van der Waals surface area contributed by atoms with Gasteiger partial charge in [-0.15, -0.1) is 0 Å². The summed E-state index contributed by atoms with van der Waals surface area (Å²) in [5, 5.41) is 4.22. The van der Waals surface area contributed by atoms with Crippen molar-refractivity contribution in [1.29, 1.82) is 0 Å². The minimum absolute atomic E-state index is 0.0919. The van der Waals surface area contributed by atoms with Gasteiger partial charge in [0.05, 0.1) is 18.8 Å². The Bertz CT molecular complexity index is 594. The number of nitrogens with zero attached hydrogens (tertiary/aromatic N) is 4. The molecule has 1 amide bonds. The number of aromatic nitrogens is 2. The molecule has 0 bridgehead atoms. The van der Waals surface area contributed by atoms with Crippen molar-refractivity contribution in [2.24, 2.45) is 0 Å². The molecule has 0 fully saturated rings. The zero-order chi connectivity index (χ0) is 16.7. The molecule has 0 aliphatic heterocycles. The summed E-state index contributed by atoms with van der Waals surface area (Å²) < 4.78 is 6.96. The molecule has 6 nitrogen and oxygen atoms in total. The Morgan fingerprint density at radius 2 is 2.00 bits per heavy atom. The molecular weight excluding hydrogens is 292 g/mol. The molecule has 124 valence electrons. The van der Waals surface area contributed by atoms with E-state index in [-0.39, 0.29) is 5.91 Å². The number of carbonyl (C=O) groups excluding carboxylic acids is 1. The Kier molecular flexibility index (Phi) is 6.31. The van der Waals surface area contributed by atoms with Crippen molar-refractivity contribution < 1.29 is 9.53 Å². The first-order valence-electron chi connectivity index (χ1n) is 7.60. The van der Waals surface area contributed by atoms with E-state index >= 15 is 0 Å². The Morgan fingerprint density at radius 1 is 1.26 bits per heavy atom. The number of hydrogen-bond acceptors (Lipinski definition) is 4. The average Bonchev–Trinajstić information content (AvgIpc) is 3.07. The van der Waals surface area contributed by atoms with E-state index in [9.17, 15) is 4.79 Å². The number of likely N-dealkylation sites (N-methyl/N-ethyl adjacent to an activating group) is 1. The molecule has 6 heteroatoms. The molecule has 1 heterocycles. The Labute approximate surface area is 137 Å². The van der Waals surface area contributed by atoms with Gasteiger partial charge in [-0.3, -0.25) is 9.69 Å². The van der Waals surface area contributed by atoms with E-state index in [1.807, 2.05) is 29.1 Å². The Balaban J connectivity index is 2.01. The maximum Gasteiger partial charge on any atom is 0.236 e. The van der Waals surface area contributed by atoms with Crippen LogP contribution >= 0.6 is 0 Å². The third-order valence-corrected chi connectivity index (χ3v) is 3.58. The number of hydrogen-bond donors (Lipinski definition) is 0. The van der Waals surface area contributed by atoms with E-state index in [4.69, 9.17) is 4.74 Å². The highest BCUT2D eigenvalue weighted by molar-refractivity contribution is 5.77. The smallest absolute Gasteiger partial charge is 0.236 e. The zero-order valence-corrected chi connectivity index (χ0v) is 14.0. The lowest BCUT2D eigenvalue weighted by atomic mass is 10.2. The minimum atomic E-state index is 0.0919. The van der Waals surface area contributed by atoms with Gasteiger partial charge in [-0.25, -0.2) is 4.68 Å². The summed E-state index contributed by atoms with van der Waals surface area (Å²) in [6.07, 6.45) is 3.67. The van der Waals surface area contributed by atoms with Gasteiger partial charge in [-0.05, 0) is 23.8 Å². The quantitative estimate of drug-likeness (QED) is 0.739. The first kappa shape index (κ1) is 17.2. The lowest BCUT2D eigenvalue weighted by Crippen LogP contribution is -2.37. The molecule has 0 atom stereocenters. The molecule has 0 unspecified atom stereocenters. The van der Waals surface area contributed by atoms with Crippen LogP contribution in [0.5, 0.6) is 0 Å². The van der Waals surface area contributed by atoms with Gasteiger partial charge >= 0.3 is 0 Å². The van der Waals surface area contributed by atoms with Crippen LogP contribution in [0.1, 0.15) is 5.56 Å². The van der Waals surface area contributed by atoms with Crippen LogP contribution in [0, 0.1) is 0 Å². The lowest BCUT2D eigenvalue weighted by molar-refractivity contribution is -0.130. The number of benzene rings is 1. The van der Waals surface area contributed by atoms with Crippen LogP contribution in [-0.2, 0) is 16.1 Å². The first-order chi connectivity index (χ1) is 11.1. The van der Waals surface area contributed by atoms with Crippen LogP contribution < -0.4 is 0 Å². The second-order valence-electron chi connectivity index (χ2n) is 5.61. The molecule has 1 aromatic heterocycles. The van der Waals surface area contributed by atoms with Gasteiger partial charge in [0.25, 0.3) is 0 Å². The molecule has 0 aliphatic rings. The largest absolute Gasteiger partial charge is 0.383 e. The van der Waals surface area contributed by atoms with Gasteiger partial charge in [0, 0.05) is 46.7 Å². The van der Waals surface area contributed by atoms with Crippen molar-refractivity contribution in [3.05, 3.63) is 48.3 Å². The van der Waals surface area contributed by atoms with Gasteiger partial charge in [-0.2, -0.15) is 5.10 Å². The van der Waals surface area contributed by atoms with Gasteiger partial charge in [-0.1, -0.05) is 12.1 Å². The van der Waals surface area contributed by atoms with Gasteiger partial charge < -0.3 is 9.64 Å². The summed E-state index contributed by atoms with van der Waals surface area (Å²) in [6, 6.07) is 10.1. The van der Waals surface area contributed by atoms with Crippen LogP contribution in [0.15, 0.2) is 42.7 Å². The van der Waals surface area contributed by atoms with Crippen LogP contribution in [0.25, 0.3) is 5.69 Å². The Hall–Kier alpha value is -2.18. The average molecular weight is 316 g/mol. The van der Waals surface area contributed by atoms with Crippen molar-refractivity contribution in [1.82, 2.24) is 19.6 Å². The highest BCUT2D eigenvalue weighted by Gasteiger charge is 2.12. The zero-order valence-electron chi connectivity index (χ0n) is 14.0. The summed E-state index contributed by atoms with van der Waals surface area (Å²) in [5.41, 5.74) is 2.18. The molecule has 0 radical (unpaired) electrons. The number of carbonyl (C=O) groups is 1. The number of methoxy groups -OCH3 is 1. The van der Waals surface area contributed by atoms with E-state index in [1.54, 1.807) is 32.3 Å². The van der Waals surface area contributed by atoms with E-state index in [1.165, 1.54) is 0 Å². The van der Waals surface area contributed by atoms with Gasteiger partial charge in [0.2, 0.25) is 5.91 Å². The van der Waals surface area contributed by atoms with Crippen LogP contribution in [0.3, 0.4) is 0 Å². The minimum Gasteiger partial charge on any atom is -0.383 e. The first-order valence-corrected chi connectivity index (χ1v) is 7.60. The molecule has 2 rings (SSSR count). The molecule has 0 saturated heterocycles. The fourth-order valence-corrected chi connectivity index (χ4v) is 2.20. The standard InChI is InChI=1S/C17H24N4O2/c1-19(2)17(22)14-20(11-12-23-3)13-15-5-7-16(8-6-15)21-10-4-9-18-21/h4-10H,11-14H2,1-3H3. The number of ether oxygens (including phenoxy) is 1. The van der Waals surface area contributed by atoms with Crippen molar-refractivity contribution in [2.45, 2.75) is 6.54 Å². The second-order valence-corrected chi connectivity index (χ2v) is 5.61. The Morgan fingerprint density at radius 3 is 2.57 bits per heavy atom. The second kappa shape index (κ2) is 8.45. The van der Waals surface area contributed by atoms with Crippen LogP contribution in [0.4, 0.5) is 0 Å². The highest BCUT2D eigenvalue weighted by Crippen LogP contribution is 2.11. The van der Waals surface area contributed by atoms with Crippen molar-refractivity contribution >= 4 is 5.91 Å². The maximum atomic E-state index is 11.9. The summed E-state index contributed by atoms with van der Waals surface area (Å²) in [6.45, 7) is 2.42. The third kappa shape index (κ3) is 5.19. The maximum absolute atomic E-state index is 11.9. The molecule has 0 N–H and O–H groups in total. The fourth-order valence-electron chi connectivity index (χ4n) is 2.20. The molecule has 0 aliphatic carbocycles. The van der Waals surface area contributed by atoms with Crippen molar-refractivity contribution in [2.75, 3.05) is 40.9 Å². The van der Waals surface area contributed by atoms with Gasteiger partial charge in [0.15, 0.2) is 0 Å². The van der Waals surface area contributed by atoms with Crippen LogP contribution in [-0.4, -0.2) is 66.4 Å². The topological polar surface area (TPSA) is 50.6 Å². The van der Waals surface area contributed by atoms with Crippen LogP contribution in [0.2, 0.25) is 0 Å². The molecule has 1 aromatic carbocycles. The molecule has 2 aromatic rings. The predicted molar refractivity (Wildman–Crippen MR) is 89.4 cm³/mol. The number of rotatable bonds is 8. The highest BCUT2D eigenvalue weighted by atomic mass is 16.5. The molecule has 23 heavy (non-hydrogen) atoms. The normalized spacial score (nSPS) is 11.0. The van der Waals surface area contributed by atoms with Crippen molar-refractivity contribution in [3.63, 3.8) is 0 Å². The predicted octanol–water partition coefficient (Wildman–Crippen LogP) is 1.41. The van der Waals surface area contributed by atoms with E-state index in [0.717, 1.165) is 17.8 Å². The summed E-state index contributed by atoms with van der Waals surface area (Å²) in [4.78, 5) is 15.7. The van der Waals surface area contributed by atoms with E-state index < -0.39 is 0 Å². The summed E-state index contributed by atoms with van der Waals surface area (Å²) in [5.74, 6) is 0.0919. The van der Waals surface area contributed by atoms with E-state index in [2.05, 4.69) is 22.1 Å². The lowest BCUT2D eigenvalue weighted by Gasteiger charge is -2.23. The van der Waals surface area contributed by atoms with Gasteiger partial charge in [0.1, 0.15) is 0 Å². The fraction of sp³-hybridized carbons (Fsp3) is 0.412. The third-order valence-electron chi connectivity index (χ3n) is 3.58. The molecular formula is C17H24N4O2. The summed E-state index contributed by atoms with van der Waals surface area (Å²) >= 11 is 0. The van der Waals surface area contributed by atoms with E-state index in [0.29, 0.717) is 19.7 Å². The van der Waals surface area contributed by atoms with Crippen molar-refractivity contribution in [3.8, 4) is 5.69 Å². The molecule has 0 spiro atoms. The monoisotopic (exact) mass is 316 g/mol. The number of amides is 1. The molecule has 0 saturated carbocycles. The SMILES string of the molecule is COCCN(CC(=O)N(C)C)Cc1ccc(-n2cccn2)cc1.